The normalized spacial score (nSPS) is 13.3. The van der Waals surface area contributed by atoms with Gasteiger partial charge in [0.25, 0.3) is 5.91 Å². The Morgan fingerprint density at radius 1 is 1.11 bits per heavy atom. The van der Waals surface area contributed by atoms with Crippen molar-refractivity contribution in [3.05, 3.63) is 58.6 Å². The quantitative estimate of drug-likeness (QED) is 0.803. The lowest BCUT2D eigenvalue weighted by atomic mass is 10.0. The first-order chi connectivity index (χ1) is 13.3. The Kier molecular flexibility index (Phi) is 6.09. The van der Waals surface area contributed by atoms with E-state index in [2.05, 4.69) is 5.32 Å². The molecule has 2 amide bonds. The minimum Gasteiger partial charge on any atom is -0.454 e. The van der Waals surface area contributed by atoms with Gasteiger partial charge in [0.15, 0.2) is 11.5 Å². The highest BCUT2D eigenvalue weighted by Crippen LogP contribution is 2.32. The number of amides is 2. The SMILES string of the molecule is CC(C)[C@H](NC(=O)c1ccc(Cl)cc1)C(=O)N(C)Cc1ccc2c(c1)OCO2. The fraction of sp³-hybridized carbons (Fsp3) is 0.333. The summed E-state index contributed by atoms with van der Waals surface area (Å²) in [7, 11) is 1.72. The summed E-state index contributed by atoms with van der Waals surface area (Å²) in [6, 6.07) is 11.5. The molecule has 2 aromatic rings. The average Bonchev–Trinajstić information content (AvgIpc) is 3.13. The van der Waals surface area contributed by atoms with E-state index < -0.39 is 6.04 Å². The molecular weight excluding hydrogens is 380 g/mol. The zero-order valence-electron chi connectivity index (χ0n) is 16.1. The summed E-state index contributed by atoms with van der Waals surface area (Å²) in [5, 5.41) is 3.39. The van der Waals surface area contributed by atoms with Crippen LogP contribution in [0.1, 0.15) is 29.8 Å². The lowest BCUT2D eigenvalue weighted by molar-refractivity contribution is -0.133. The number of carbonyl (C=O) groups is 2. The van der Waals surface area contributed by atoms with Crippen molar-refractivity contribution < 1.29 is 19.1 Å². The van der Waals surface area contributed by atoms with Crippen molar-refractivity contribution in [2.24, 2.45) is 5.92 Å². The van der Waals surface area contributed by atoms with Crippen LogP contribution in [-0.2, 0) is 11.3 Å². The average molecular weight is 403 g/mol. The Morgan fingerprint density at radius 3 is 2.46 bits per heavy atom. The summed E-state index contributed by atoms with van der Waals surface area (Å²) in [5.41, 5.74) is 1.38. The van der Waals surface area contributed by atoms with E-state index in [1.54, 1.807) is 36.2 Å². The van der Waals surface area contributed by atoms with Gasteiger partial charge < -0.3 is 19.7 Å². The third-order valence-electron chi connectivity index (χ3n) is 4.56. The number of carbonyl (C=O) groups excluding carboxylic acids is 2. The molecule has 0 fully saturated rings. The number of hydrogen-bond donors (Lipinski definition) is 1. The third kappa shape index (κ3) is 4.57. The Morgan fingerprint density at radius 2 is 1.79 bits per heavy atom. The van der Waals surface area contributed by atoms with Crippen LogP contribution < -0.4 is 14.8 Å². The second-order valence-electron chi connectivity index (χ2n) is 7.08. The van der Waals surface area contributed by atoms with Gasteiger partial charge in [-0.3, -0.25) is 9.59 Å². The number of ether oxygens (including phenoxy) is 2. The summed E-state index contributed by atoms with van der Waals surface area (Å²) in [6.07, 6.45) is 0. The molecule has 1 atom stereocenters. The molecule has 0 unspecified atom stereocenters. The Bertz CT molecular complexity index is 867. The maximum atomic E-state index is 13.0. The fourth-order valence-corrected chi connectivity index (χ4v) is 3.09. The first kappa shape index (κ1) is 20.0. The predicted octanol–water partition coefficient (Wildman–Crippen LogP) is 3.48. The summed E-state index contributed by atoms with van der Waals surface area (Å²) in [5.74, 6) is 0.848. The topological polar surface area (TPSA) is 67.9 Å². The van der Waals surface area contributed by atoms with Crippen molar-refractivity contribution in [3.63, 3.8) is 0 Å². The fourth-order valence-electron chi connectivity index (χ4n) is 2.97. The number of halogens is 1. The second kappa shape index (κ2) is 8.52. The van der Waals surface area contributed by atoms with Gasteiger partial charge in [-0.1, -0.05) is 31.5 Å². The van der Waals surface area contributed by atoms with Gasteiger partial charge in [0.1, 0.15) is 6.04 Å². The summed E-state index contributed by atoms with van der Waals surface area (Å²) >= 11 is 5.87. The van der Waals surface area contributed by atoms with Crippen molar-refractivity contribution >= 4 is 23.4 Å². The van der Waals surface area contributed by atoms with Crippen molar-refractivity contribution in [1.82, 2.24) is 10.2 Å². The lowest BCUT2D eigenvalue weighted by Crippen LogP contribution is -2.50. The van der Waals surface area contributed by atoms with E-state index in [-0.39, 0.29) is 24.5 Å². The van der Waals surface area contributed by atoms with Gasteiger partial charge in [0.05, 0.1) is 0 Å². The first-order valence-corrected chi connectivity index (χ1v) is 9.43. The van der Waals surface area contributed by atoms with Crippen LogP contribution in [0.4, 0.5) is 0 Å². The molecule has 0 spiro atoms. The van der Waals surface area contributed by atoms with Crippen molar-refractivity contribution in [3.8, 4) is 11.5 Å². The van der Waals surface area contributed by atoms with E-state index in [0.29, 0.717) is 28.6 Å². The molecule has 0 aliphatic carbocycles. The number of hydrogen-bond acceptors (Lipinski definition) is 4. The van der Waals surface area contributed by atoms with Gasteiger partial charge in [-0.05, 0) is 47.9 Å². The number of fused-ring (bicyclic) bond motifs is 1. The van der Waals surface area contributed by atoms with Crippen LogP contribution in [-0.4, -0.2) is 36.6 Å². The zero-order valence-corrected chi connectivity index (χ0v) is 16.8. The van der Waals surface area contributed by atoms with Gasteiger partial charge >= 0.3 is 0 Å². The molecule has 28 heavy (non-hydrogen) atoms. The first-order valence-electron chi connectivity index (χ1n) is 9.05. The molecule has 0 radical (unpaired) electrons. The third-order valence-corrected chi connectivity index (χ3v) is 4.81. The largest absolute Gasteiger partial charge is 0.454 e. The maximum Gasteiger partial charge on any atom is 0.251 e. The predicted molar refractivity (Wildman–Crippen MR) is 107 cm³/mol. The van der Waals surface area contributed by atoms with E-state index in [1.807, 2.05) is 32.0 Å². The van der Waals surface area contributed by atoms with E-state index in [4.69, 9.17) is 21.1 Å². The van der Waals surface area contributed by atoms with Gasteiger partial charge in [0, 0.05) is 24.2 Å². The van der Waals surface area contributed by atoms with Crippen LogP contribution in [0.2, 0.25) is 5.02 Å². The van der Waals surface area contributed by atoms with Crippen LogP contribution in [0.15, 0.2) is 42.5 Å². The molecule has 3 rings (SSSR count). The molecule has 0 aromatic heterocycles. The molecule has 0 saturated heterocycles. The highest BCUT2D eigenvalue weighted by molar-refractivity contribution is 6.30. The zero-order chi connectivity index (χ0) is 20.3. The van der Waals surface area contributed by atoms with Crippen LogP contribution >= 0.6 is 11.6 Å². The summed E-state index contributed by atoms with van der Waals surface area (Å²) < 4.78 is 10.7. The van der Waals surface area contributed by atoms with Gasteiger partial charge in [-0.2, -0.15) is 0 Å². The molecular formula is C21H23ClN2O4. The highest BCUT2D eigenvalue weighted by atomic mass is 35.5. The minimum atomic E-state index is -0.637. The van der Waals surface area contributed by atoms with Crippen molar-refractivity contribution in [2.45, 2.75) is 26.4 Å². The van der Waals surface area contributed by atoms with Gasteiger partial charge in [-0.15, -0.1) is 0 Å². The Hall–Kier alpha value is -2.73. The highest BCUT2D eigenvalue weighted by Gasteiger charge is 2.27. The van der Waals surface area contributed by atoms with E-state index in [1.165, 1.54) is 0 Å². The van der Waals surface area contributed by atoms with E-state index in [0.717, 1.165) is 5.56 Å². The molecule has 1 N–H and O–H groups in total. The van der Waals surface area contributed by atoms with Gasteiger partial charge in [0.2, 0.25) is 12.7 Å². The van der Waals surface area contributed by atoms with Crippen molar-refractivity contribution in [1.29, 1.82) is 0 Å². The molecule has 148 valence electrons. The number of likely N-dealkylation sites (N-methyl/N-ethyl adjacent to an activating group) is 1. The van der Waals surface area contributed by atoms with Crippen LogP contribution in [0, 0.1) is 5.92 Å². The van der Waals surface area contributed by atoms with Crippen LogP contribution in [0.5, 0.6) is 11.5 Å². The van der Waals surface area contributed by atoms with Crippen molar-refractivity contribution in [2.75, 3.05) is 13.8 Å². The molecule has 1 aliphatic heterocycles. The Labute approximate surface area is 169 Å². The number of nitrogens with one attached hydrogen (secondary N) is 1. The molecule has 0 saturated carbocycles. The lowest BCUT2D eigenvalue weighted by Gasteiger charge is -2.27. The van der Waals surface area contributed by atoms with E-state index in [9.17, 15) is 9.59 Å². The minimum absolute atomic E-state index is 0.0667. The van der Waals surface area contributed by atoms with Crippen LogP contribution in [0.3, 0.4) is 0 Å². The Balaban J connectivity index is 1.67. The molecule has 7 heteroatoms. The molecule has 1 heterocycles. The summed E-state index contributed by atoms with van der Waals surface area (Å²) in [4.78, 5) is 27.1. The van der Waals surface area contributed by atoms with E-state index >= 15 is 0 Å². The molecule has 2 aromatic carbocycles. The smallest absolute Gasteiger partial charge is 0.251 e. The van der Waals surface area contributed by atoms with Crippen LogP contribution in [0.25, 0.3) is 0 Å². The molecule has 1 aliphatic rings. The standard InChI is InChI=1S/C21H23ClN2O4/c1-13(2)19(23-20(25)15-5-7-16(22)8-6-15)21(26)24(3)11-14-4-9-17-18(10-14)28-12-27-17/h4-10,13,19H,11-12H2,1-3H3,(H,23,25)/t19-/m0/s1. The molecule has 6 nitrogen and oxygen atoms in total. The second-order valence-corrected chi connectivity index (χ2v) is 7.52. The monoisotopic (exact) mass is 402 g/mol. The molecule has 0 bridgehead atoms. The summed E-state index contributed by atoms with van der Waals surface area (Å²) in [6.45, 7) is 4.41. The maximum absolute atomic E-state index is 13.0. The number of nitrogens with zero attached hydrogens (tertiary/aromatic N) is 1. The number of rotatable bonds is 6. The number of benzene rings is 2. The van der Waals surface area contributed by atoms with Gasteiger partial charge in [-0.25, -0.2) is 0 Å².